The number of unbranched alkanes of at least 4 members (excludes halogenated alkanes) is 1. The molecular formula is C11H15ClFNO. The molecule has 0 amide bonds. The van der Waals surface area contributed by atoms with Crippen LogP contribution in [0.25, 0.3) is 0 Å². The van der Waals surface area contributed by atoms with Crippen LogP contribution < -0.4 is 5.32 Å². The largest absolute Gasteiger partial charge is 0.396 e. The molecule has 2 nitrogen and oxygen atoms in total. The quantitative estimate of drug-likeness (QED) is 0.737. The number of rotatable bonds is 6. The van der Waals surface area contributed by atoms with E-state index in [2.05, 4.69) is 5.32 Å². The van der Waals surface area contributed by atoms with Gasteiger partial charge < -0.3 is 10.4 Å². The first-order chi connectivity index (χ1) is 7.24. The summed E-state index contributed by atoms with van der Waals surface area (Å²) in [6, 6.07) is 4.70. The minimum absolute atomic E-state index is 0.157. The molecule has 0 saturated heterocycles. The zero-order chi connectivity index (χ0) is 11.1. The van der Waals surface area contributed by atoms with Crippen molar-refractivity contribution in [1.82, 2.24) is 5.32 Å². The summed E-state index contributed by atoms with van der Waals surface area (Å²) in [4.78, 5) is 0. The highest BCUT2D eigenvalue weighted by Crippen LogP contribution is 2.15. The Morgan fingerprint density at radius 3 is 2.80 bits per heavy atom. The van der Waals surface area contributed by atoms with Gasteiger partial charge in [0, 0.05) is 13.2 Å². The number of nitrogens with one attached hydrogen (secondary N) is 1. The van der Waals surface area contributed by atoms with Crippen molar-refractivity contribution in [2.45, 2.75) is 19.4 Å². The highest BCUT2D eigenvalue weighted by Gasteiger charge is 2.00. The molecule has 0 atom stereocenters. The van der Waals surface area contributed by atoms with E-state index in [9.17, 15) is 4.39 Å². The molecule has 1 aromatic rings. The van der Waals surface area contributed by atoms with Crippen LogP contribution in [-0.2, 0) is 6.54 Å². The van der Waals surface area contributed by atoms with Gasteiger partial charge >= 0.3 is 0 Å². The third-order valence-electron chi connectivity index (χ3n) is 2.07. The fraction of sp³-hybridized carbons (Fsp3) is 0.455. The number of benzene rings is 1. The van der Waals surface area contributed by atoms with Gasteiger partial charge in [-0.25, -0.2) is 4.39 Å². The van der Waals surface area contributed by atoms with Gasteiger partial charge in [-0.05, 0) is 37.1 Å². The Bertz CT molecular complexity index is 307. The zero-order valence-corrected chi connectivity index (χ0v) is 9.23. The molecule has 84 valence electrons. The van der Waals surface area contributed by atoms with Crippen molar-refractivity contribution < 1.29 is 9.50 Å². The Kier molecular flexibility index (Phi) is 5.61. The summed E-state index contributed by atoms with van der Waals surface area (Å²) in [7, 11) is 0. The molecular weight excluding hydrogens is 217 g/mol. The van der Waals surface area contributed by atoms with Gasteiger partial charge in [-0.15, -0.1) is 0 Å². The standard InChI is InChI=1S/C11H15ClFNO/c12-10-7-9(3-4-11(10)13)8-14-5-1-2-6-15/h3-4,7,14-15H,1-2,5-6,8H2. The average Bonchev–Trinajstić information content (AvgIpc) is 2.23. The molecule has 4 heteroatoms. The van der Waals surface area contributed by atoms with Crippen molar-refractivity contribution in [1.29, 1.82) is 0 Å². The van der Waals surface area contributed by atoms with Crippen LogP contribution in [0.1, 0.15) is 18.4 Å². The molecule has 15 heavy (non-hydrogen) atoms. The summed E-state index contributed by atoms with van der Waals surface area (Å²) in [5, 5.41) is 11.9. The second-order valence-corrected chi connectivity index (χ2v) is 3.76. The van der Waals surface area contributed by atoms with Crippen molar-refractivity contribution in [3.05, 3.63) is 34.6 Å². The van der Waals surface area contributed by atoms with Gasteiger partial charge in [0.15, 0.2) is 0 Å². The molecule has 0 unspecified atom stereocenters. The van der Waals surface area contributed by atoms with Crippen LogP contribution in [0, 0.1) is 5.82 Å². The average molecular weight is 232 g/mol. The monoisotopic (exact) mass is 231 g/mol. The van der Waals surface area contributed by atoms with E-state index in [1.807, 2.05) is 0 Å². The predicted octanol–water partition coefficient (Wildman–Crippen LogP) is 2.34. The van der Waals surface area contributed by atoms with Crippen LogP contribution in [-0.4, -0.2) is 18.3 Å². The van der Waals surface area contributed by atoms with Crippen LogP contribution >= 0.6 is 11.6 Å². The van der Waals surface area contributed by atoms with Gasteiger partial charge in [0.1, 0.15) is 5.82 Å². The normalized spacial score (nSPS) is 10.6. The van der Waals surface area contributed by atoms with Crippen molar-refractivity contribution in [2.75, 3.05) is 13.2 Å². The van der Waals surface area contributed by atoms with Crippen molar-refractivity contribution in [3.63, 3.8) is 0 Å². The zero-order valence-electron chi connectivity index (χ0n) is 8.47. The number of hydrogen-bond donors (Lipinski definition) is 2. The molecule has 2 N–H and O–H groups in total. The molecule has 0 aliphatic carbocycles. The van der Waals surface area contributed by atoms with E-state index in [0.717, 1.165) is 24.9 Å². The Hall–Kier alpha value is -0.640. The maximum absolute atomic E-state index is 12.8. The lowest BCUT2D eigenvalue weighted by Gasteiger charge is -2.05. The highest BCUT2D eigenvalue weighted by atomic mass is 35.5. The SMILES string of the molecule is OCCCCNCc1ccc(F)c(Cl)c1. The molecule has 0 aromatic heterocycles. The van der Waals surface area contributed by atoms with Crippen LogP contribution in [0.15, 0.2) is 18.2 Å². The molecule has 0 spiro atoms. The summed E-state index contributed by atoms with van der Waals surface area (Å²) in [5.41, 5.74) is 0.963. The molecule has 1 rings (SSSR count). The van der Waals surface area contributed by atoms with E-state index in [0.29, 0.717) is 6.54 Å². The predicted molar refractivity (Wildman–Crippen MR) is 59.4 cm³/mol. The molecule has 0 aliphatic rings. The first kappa shape index (κ1) is 12.4. The number of aliphatic hydroxyl groups excluding tert-OH is 1. The van der Waals surface area contributed by atoms with Gasteiger partial charge in [0.25, 0.3) is 0 Å². The number of halogens is 2. The minimum Gasteiger partial charge on any atom is -0.396 e. The first-order valence-electron chi connectivity index (χ1n) is 4.99. The second-order valence-electron chi connectivity index (χ2n) is 3.36. The lowest BCUT2D eigenvalue weighted by Crippen LogP contribution is -2.15. The van der Waals surface area contributed by atoms with Gasteiger partial charge in [-0.2, -0.15) is 0 Å². The van der Waals surface area contributed by atoms with E-state index >= 15 is 0 Å². The van der Waals surface area contributed by atoms with Crippen LogP contribution in [0.5, 0.6) is 0 Å². The first-order valence-corrected chi connectivity index (χ1v) is 5.37. The third kappa shape index (κ3) is 4.60. The highest BCUT2D eigenvalue weighted by molar-refractivity contribution is 6.30. The van der Waals surface area contributed by atoms with E-state index < -0.39 is 0 Å². The molecule has 1 aromatic carbocycles. The third-order valence-corrected chi connectivity index (χ3v) is 2.36. The summed E-state index contributed by atoms with van der Waals surface area (Å²) in [6.45, 7) is 1.74. The Morgan fingerprint density at radius 1 is 1.33 bits per heavy atom. The molecule has 0 radical (unpaired) electrons. The number of aliphatic hydroxyl groups is 1. The molecule has 0 aliphatic heterocycles. The minimum atomic E-state index is -0.388. The van der Waals surface area contributed by atoms with E-state index in [1.165, 1.54) is 6.07 Å². The Labute approximate surface area is 94.1 Å². The van der Waals surface area contributed by atoms with Crippen LogP contribution in [0.3, 0.4) is 0 Å². The van der Waals surface area contributed by atoms with Crippen LogP contribution in [0.4, 0.5) is 4.39 Å². The van der Waals surface area contributed by atoms with Crippen LogP contribution in [0.2, 0.25) is 5.02 Å². The molecule has 0 fully saturated rings. The molecule has 0 bridgehead atoms. The maximum Gasteiger partial charge on any atom is 0.141 e. The fourth-order valence-corrected chi connectivity index (χ4v) is 1.45. The summed E-state index contributed by atoms with van der Waals surface area (Å²) in [6.07, 6.45) is 1.74. The second kappa shape index (κ2) is 6.77. The summed E-state index contributed by atoms with van der Waals surface area (Å²) >= 11 is 5.64. The smallest absolute Gasteiger partial charge is 0.141 e. The Balaban J connectivity index is 2.28. The summed E-state index contributed by atoms with van der Waals surface area (Å²) in [5.74, 6) is -0.388. The van der Waals surface area contributed by atoms with Crippen molar-refractivity contribution >= 4 is 11.6 Å². The number of hydrogen-bond acceptors (Lipinski definition) is 2. The molecule has 0 heterocycles. The van der Waals surface area contributed by atoms with Gasteiger partial charge in [0.2, 0.25) is 0 Å². The van der Waals surface area contributed by atoms with Gasteiger partial charge in [0.05, 0.1) is 5.02 Å². The van der Waals surface area contributed by atoms with E-state index in [1.54, 1.807) is 12.1 Å². The van der Waals surface area contributed by atoms with E-state index in [-0.39, 0.29) is 17.4 Å². The Morgan fingerprint density at radius 2 is 2.13 bits per heavy atom. The fourth-order valence-electron chi connectivity index (χ4n) is 1.24. The summed E-state index contributed by atoms with van der Waals surface area (Å²) < 4.78 is 12.8. The lowest BCUT2D eigenvalue weighted by molar-refractivity contribution is 0.283. The molecule has 0 saturated carbocycles. The lowest BCUT2D eigenvalue weighted by atomic mass is 10.2. The van der Waals surface area contributed by atoms with Crippen molar-refractivity contribution in [3.8, 4) is 0 Å². The van der Waals surface area contributed by atoms with Crippen molar-refractivity contribution in [2.24, 2.45) is 0 Å². The van der Waals surface area contributed by atoms with Gasteiger partial charge in [-0.3, -0.25) is 0 Å². The topological polar surface area (TPSA) is 32.3 Å². The van der Waals surface area contributed by atoms with Gasteiger partial charge in [-0.1, -0.05) is 17.7 Å². The maximum atomic E-state index is 12.8. The van der Waals surface area contributed by atoms with E-state index in [4.69, 9.17) is 16.7 Å².